The Labute approximate surface area is 119 Å². The van der Waals surface area contributed by atoms with Crippen molar-refractivity contribution in [3.63, 3.8) is 0 Å². The lowest BCUT2D eigenvalue weighted by molar-refractivity contribution is -0.140. The first-order valence-corrected chi connectivity index (χ1v) is 6.99. The van der Waals surface area contributed by atoms with Crippen LogP contribution in [0.15, 0.2) is 5.16 Å². The van der Waals surface area contributed by atoms with Crippen molar-refractivity contribution < 1.29 is 19.8 Å². The second-order valence-corrected chi connectivity index (χ2v) is 5.26. The van der Waals surface area contributed by atoms with Gasteiger partial charge in [-0.25, -0.2) is 0 Å². The van der Waals surface area contributed by atoms with Crippen molar-refractivity contribution in [2.75, 3.05) is 26.3 Å². The third-order valence-corrected chi connectivity index (χ3v) is 4.03. The molecule has 4 N–H and O–H groups in total. The number of amides is 1. The zero-order valence-electron chi connectivity index (χ0n) is 12.2. The van der Waals surface area contributed by atoms with Gasteiger partial charge in [0.15, 0.2) is 5.84 Å². The van der Waals surface area contributed by atoms with Gasteiger partial charge < -0.3 is 25.7 Å². The maximum Gasteiger partial charge on any atom is 0.236 e. The lowest BCUT2D eigenvalue weighted by Crippen LogP contribution is -2.52. The van der Waals surface area contributed by atoms with Gasteiger partial charge in [0.05, 0.1) is 19.3 Å². The highest BCUT2D eigenvalue weighted by atomic mass is 16.5. The number of amidine groups is 1. The van der Waals surface area contributed by atoms with Gasteiger partial charge in [-0.2, -0.15) is 0 Å². The molecular formula is C13H25N3O4. The number of aliphatic hydroxyl groups excluding tert-OH is 1. The minimum absolute atomic E-state index is 0.0105. The fourth-order valence-electron chi connectivity index (χ4n) is 2.35. The van der Waals surface area contributed by atoms with Gasteiger partial charge in [-0.3, -0.25) is 4.79 Å². The molecule has 1 heterocycles. The van der Waals surface area contributed by atoms with Crippen LogP contribution in [0.5, 0.6) is 0 Å². The molecular weight excluding hydrogens is 262 g/mol. The molecule has 1 unspecified atom stereocenters. The van der Waals surface area contributed by atoms with Crippen LogP contribution < -0.4 is 5.73 Å². The lowest BCUT2D eigenvalue weighted by Gasteiger charge is -2.37. The lowest BCUT2D eigenvalue weighted by atomic mass is 9.84. The van der Waals surface area contributed by atoms with E-state index in [9.17, 15) is 4.79 Å². The summed E-state index contributed by atoms with van der Waals surface area (Å²) in [7, 11) is 0. The molecule has 0 spiro atoms. The average molecular weight is 287 g/mol. The van der Waals surface area contributed by atoms with E-state index in [0.29, 0.717) is 26.1 Å². The Balaban J connectivity index is 2.62. The van der Waals surface area contributed by atoms with E-state index in [1.54, 1.807) is 11.8 Å². The summed E-state index contributed by atoms with van der Waals surface area (Å²) >= 11 is 0. The van der Waals surface area contributed by atoms with Gasteiger partial charge >= 0.3 is 0 Å². The Morgan fingerprint density at radius 1 is 1.50 bits per heavy atom. The number of oxime groups is 1. The Morgan fingerprint density at radius 3 is 2.55 bits per heavy atom. The Morgan fingerprint density at radius 2 is 2.10 bits per heavy atom. The third kappa shape index (κ3) is 3.61. The average Bonchev–Trinajstić information content (AvgIpc) is 2.51. The Kier molecular flexibility index (Phi) is 6.22. The van der Waals surface area contributed by atoms with Gasteiger partial charge in [0.25, 0.3) is 0 Å². The molecule has 20 heavy (non-hydrogen) atoms. The van der Waals surface area contributed by atoms with E-state index >= 15 is 0 Å². The largest absolute Gasteiger partial charge is 0.409 e. The summed E-state index contributed by atoms with van der Waals surface area (Å²) in [5.41, 5.74) is 4.70. The molecule has 1 atom stereocenters. The number of likely N-dealkylation sites (tertiary alicyclic amines) is 1. The van der Waals surface area contributed by atoms with Crippen LogP contribution in [-0.2, 0) is 9.53 Å². The van der Waals surface area contributed by atoms with Crippen LogP contribution in [0.4, 0.5) is 0 Å². The predicted octanol–water partition coefficient (Wildman–Crippen LogP) is 0.149. The van der Waals surface area contributed by atoms with Gasteiger partial charge in [-0.1, -0.05) is 12.1 Å². The third-order valence-electron chi connectivity index (χ3n) is 4.03. The molecule has 0 aromatic carbocycles. The minimum atomic E-state index is -0.965. The van der Waals surface area contributed by atoms with Gasteiger partial charge in [0.1, 0.15) is 5.41 Å². The van der Waals surface area contributed by atoms with Crippen LogP contribution in [0.25, 0.3) is 0 Å². The van der Waals surface area contributed by atoms with E-state index in [1.165, 1.54) is 0 Å². The summed E-state index contributed by atoms with van der Waals surface area (Å²) in [4.78, 5) is 14.3. The van der Waals surface area contributed by atoms with Crippen molar-refractivity contribution in [3.8, 4) is 0 Å². The first kappa shape index (κ1) is 16.7. The summed E-state index contributed by atoms with van der Waals surface area (Å²) in [5, 5.41) is 20.6. The molecule has 0 aromatic rings. The zero-order chi connectivity index (χ0) is 15.2. The number of aliphatic hydroxyl groups is 1. The first-order valence-electron chi connectivity index (χ1n) is 6.99. The number of carbonyl (C=O) groups excluding carboxylic acids is 1. The molecule has 1 amide bonds. The van der Waals surface area contributed by atoms with Crippen LogP contribution >= 0.6 is 0 Å². The number of carbonyl (C=O) groups is 1. The number of ether oxygens (including phenoxy) is 1. The van der Waals surface area contributed by atoms with Crippen molar-refractivity contribution in [1.29, 1.82) is 0 Å². The molecule has 1 rings (SSSR count). The van der Waals surface area contributed by atoms with Gasteiger partial charge in [0.2, 0.25) is 5.91 Å². The second-order valence-electron chi connectivity index (χ2n) is 5.26. The van der Waals surface area contributed by atoms with Gasteiger partial charge in [-0.15, -0.1) is 0 Å². The summed E-state index contributed by atoms with van der Waals surface area (Å²) < 4.78 is 5.46. The zero-order valence-corrected chi connectivity index (χ0v) is 12.2. The quantitative estimate of drug-likeness (QED) is 0.279. The van der Waals surface area contributed by atoms with Crippen LogP contribution in [-0.4, -0.2) is 59.4 Å². The highest BCUT2D eigenvalue weighted by molar-refractivity contribution is 6.06. The molecule has 7 heteroatoms. The molecule has 0 radical (unpaired) electrons. The van der Waals surface area contributed by atoms with E-state index in [1.807, 2.05) is 6.92 Å². The standard InChI is InChI=1S/C13H25N3O4/c1-3-13(2,11(14)15-19)12(18)16-6-4-10(5-7-16)20-9-8-17/h10,17,19H,3-9H2,1-2H3,(H2,14,15). The first-order chi connectivity index (χ1) is 9.49. The molecule has 0 saturated carbocycles. The molecule has 1 aliphatic heterocycles. The van der Waals surface area contributed by atoms with Crippen LogP contribution in [0.1, 0.15) is 33.1 Å². The van der Waals surface area contributed by atoms with Crippen molar-refractivity contribution >= 4 is 11.7 Å². The monoisotopic (exact) mass is 287 g/mol. The van der Waals surface area contributed by atoms with E-state index in [-0.39, 0.29) is 24.5 Å². The van der Waals surface area contributed by atoms with Crippen molar-refractivity contribution in [1.82, 2.24) is 4.90 Å². The van der Waals surface area contributed by atoms with E-state index in [0.717, 1.165) is 12.8 Å². The molecule has 1 saturated heterocycles. The number of nitrogens with two attached hydrogens (primary N) is 1. The highest BCUT2D eigenvalue weighted by Crippen LogP contribution is 2.27. The van der Waals surface area contributed by atoms with E-state index in [4.69, 9.17) is 20.8 Å². The van der Waals surface area contributed by atoms with E-state index < -0.39 is 5.41 Å². The minimum Gasteiger partial charge on any atom is -0.409 e. The van der Waals surface area contributed by atoms with Crippen LogP contribution in [0.2, 0.25) is 0 Å². The number of piperidine rings is 1. The van der Waals surface area contributed by atoms with Crippen molar-refractivity contribution in [3.05, 3.63) is 0 Å². The maximum absolute atomic E-state index is 12.5. The Hall–Kier alpha value is -1.34. The normalized spacial score (nSPS) is 20.8. The van der Waals surface area contributed by atoms with Crippen LogP contribution in [0.3, 0.4) is 0 Å². The van der Waals surface area contributed by atoms with Crippen molar-refractivity contribution in [2.24, 2.45) is 16.3 Å². The van der Waals surface area contributed by atoms with Gasteiger partial charge in [-0.05, 0) is 26.2 Å². The molecule has 1 aliphatic rings. The molecule has 0 aliphatic carbocycles. The second kappa shape index (κ2) is 7.44. The predicted molar refractivity (Wildman–Crippen MR) is 74.4 cm³/mol. The highest BCUT2D eigenvalue weighted by Gasteiger charge is 2.40. The fraction of sp³-hybridized carbons (Fsp3) is 0.846. The molecule has 0 aromatic heterocycles. The smallest absolute Gasteiger partial charge is 0.236 e. The van der Waals surface area contributed by atoms with Gasteiger partial charge in [0, 0.05) is 13.1 Å². The molecule has 0 bridgehead atoms. The molecule has 1 fully saturated rings. The number of nitrogens with zero attached hydrogens (tertiary/aromatic N) is 2. The fourth-order valence-corrected chi connectivity index (χ4v) is 2.35. The summed E-state index contributed by atoms with van der Waals surface area (Å²) in [5.74, 6) is -0.167. The Bertz CT molecular complexity index is 354. The summed E-state index contributed by atoms with van der Waals surface area (Å²) in [6, 6.07) is 0. The number of hydrogen-bond donors (Lipinski definition) is 3. The molecule has 116 valence electrons. The number of rotatable bonds is 6. The summed E-state index contributed by atoms with van der Waals surface area (Å²) in [6.45, 7) is 5.05. The van der Waals surface area contributed by atoms with E-state index in [2.05, 4.69) is 5.16 Å². The maximum atomic E-state index is 12.5. The van der Waals surface area contributed by atoms with Crippen LogP contribution in [0, 0.1) is 5.41 Å². The SMILES string of the molecule is CCC(C)(C(=O)N1CCC(OCCO)CC1)C(N)=NO. The topological polar surface area (TPSA) is 108 Å². The summed E-state index contributed by atoms with van der Waals surface area (Å²) in [6.07, 6.45) is 2.04. The van der Waals surface area contributed by atoms with Crippen molar-refractivity contribution in [2.45, 2.75) is 39.2 Å². The molecule has 7 nitrogen and oxygen atoms in total. The number of hydrogen-bond acceptors (Lipinski definition) is 5.